The third-order valence-corrected chi connectivity index (χ3v) is 2.20. The second-order valence-electron chi connectivity index (χ2n) is 2.23. The lowest BCUT2D eigenvalue weighted by Crippen LogP contribution is -1.99. The molecule has 1 rings (SSSR count). The van der Waals surface area contributed by atoms with Crippen molar-refractivity contribution in [3.8, 4) is 0 Å². The average molecular weight is 287 g/mol. The van der Waals surface area contributed by atoms with E-state index >= 15 is 0 Å². The first kappa shape index (κ1) is 9.76. The van der Waals surface area contributed by atoms with Gasteiger partial charge in [-0.25, -0.2) is 13.2 Å². The van der Waals surface area contributed by atoms with E-state index in [4.69, 9.17) is 0 Å². The summed E-state index contributed by atoms with van der Waals surface area (Å²) in [5.74, 6) is -0.610. The van der Waals surface area contributed by atoms with Crippen molar-refractivity contribution < 1.29 is 13.2 Å². The molecule has 0 atom stereocenters. The predicted octanol–water partition coefficient (Wildman–Crippen LogP) is 3.07. The molecule has 0 aromatic carbocycles. The molecule has 0 aliphatic rings. The average Bonchev–Trinajstić information content (AvgIpc) is 2.00. The molecule has 0 N–H and O–H groups in total. The Hall–Kier alpha value is -0.330. The fourth-order valence-electron chi connectivity index (χ4n) is 0.791. The molecule has 66 valence electrons. The Morgan fingerprint density at radius 2 is 2.08 bits per heavy atom. The van der Waals surface area contributed by atoms with Crippen molar-refractivity contribution in [3.05, 3.63) is 26.8 Å². The van der Waals surface area contributed by atoms with Crippen LogP contribution >= 0.6 is 22.6 Å². The summed E-state index contributed by atoms with van der Waals surface area (Å²) in [5.41, 5.74) is -0.551. The van der Waals surface area contributed by atoms with Gasteiger partial charge in [-0.2, -0.15) is 0 Å². The lowest BCUT2D eigenvalue weighted by Gasteiger charge is -2.04. The number of aromatic nitrogens is 1. The summed E-state index contributed by atoms with van der Waals surface area (Å²) in [6.45, 7) is 1.30. The van der Waals surface area contributed by atoms with Crippen LogP contribution in [0, 0.1) is 16.3 Å². The quantitative estimate of drug-likeness (QED) is 0.723. The maximum atomic E-state index is 13.0. The van der Waals surface area contributed by atoms with Crippen molar-refractivity contribution in [1.82, 2.24) is 4.98 Å². The number of nitrogens with zero attached hydrogens (tertiary/aromatic N) is 1. The van der Waals surface area contributed by atoms with E-state index in [1.54, 1.807) is 22.6 Å². The van der Waals surface area contributed by atoms with Crippen LogP contribution in [0.3, 0.4) is 0 Å². The Bertz CT molecular complexity index is 301. The Kier molecular flexibility index (Phi) is 2.92. The zero-order chi connectivity index (χ0) is 9.30. The Morgan fingerprint density at radius 1 is 1.50 bits per heavy atom. The van der Waals surface area contributed by atoms with E-state index in [0.717, 1.165) is 6.20 Å². The largest absolute Gasteiger partial charge is 0.280 e. The second-order valence-corrected chi connectivity index (χ2v) is 3.39. The summed E-state index contributed by atoms with van der Waals surface area (Å²) in [5, 5.41) is 0. The molecule has 0 aliphatic heterocycles. The van der Waals surface area contributed by atoms with Crippen LogP contribution in [0.2, 0.25) is 0 Å². The molecular formula is C7H5F3IN. The van der Waals surface area contributed by atoms with Gasteiger partial charge < -0.3 is 0 Å². The van der Waals surface area contributed by atoms with Crippen LogP contribution in [0.25, 0.3) is 0 Å². The van der Waals surface area contributed by atoms with Gasteiger partial charge in [-0.05, 0) is 29.5 Å². The zero-order valence-corrected chi connectivity index (χ0v) is 8.27. The standard InChI is InChI=1S/C7H5F3IN/c1-3-5(8)4(11)2-12-6(3)7(9)10/h2,7H,1H3. The Morgan fingerprint density at radius 3 is 2.58 bits per heavy atom. The van der Waals surface area contributed by atoms with E-state index in [-0.39, 0.29) is 9.13 Å². The molecule has 1 aromatic heterocycles. The minimum absolute atomic E-state index is 0.0723. The molecule has 0 aliphatic carbocycles. The molecule has 0 radical (unpaired) electrons. The first-order chi connectivity index (χ1) is 5.54. The second kappa shape index (κ2) is 3.59. The van der Waals surface area contributed by atoms with E-state index in [9.17, 15) is 13.2 Å². The highest BCUT2D eigenvalue weighted by Crippen LogP contribution is 2.23. The molecule has 5 heteroatoms. The van der Waals surface area contributed by atoms with E-state index in [1.807, 2.05) is 0 Å². The van der Waals surface area contributed by atoms with Crippen LogP contribution in [-0.2, 0) is 0 Å². The van der Waals surface area contributed by atoms with E-state index in [2.05, 4.69) is 4.98 Å². The lowest BCUT2D eigenvalue weighted by molar-refractivity contribution is 0.144. The van der Waals surface area contributed by atoms with Gasteiger partial charge in [0, 0.05) is 11.8 Å². The van der Waals surface area contributed by atoms with Gasteiger partial charge in [0.15, 0.2) is 0 Å². The van der Waals surface area contributed by atoms with Crippen LogP contribution in [0.1, 0.15) is 17.7 Å². The third-order valence-electron chi connectivity index (χ3n) is 1.45. The molecule has 12 heavy (non-hydrogen) atoms. The third kappa shape index (κ3) is 1.70. The van der Waals surface area contributed by atoms with Gasteiger partial charge in [-0.3, -0.25) is 4.98 Å². The minimum atomic E-state index is -2.71. The van der Waals surface area contributed by atoms with Gasteiger partial charge in [0.25, 0.3) is 6.43 Å². The van der Waals surface area contributed by atoms with Gasteiger partial charge in [-0.1, -0.05) is 0 Å². The maximum Gasteiger partial charge on any atom is 0.280 e. The fraction of sp³-hybridized carbons (Fsp3) is 0.286. The first-order valence-corrected chi connectivity index (χ1v) is 4.20. The molecule has 1 aromatic rings. The first-order valence-electron chi connectivity index (χ1n) is 3.12. The van der Waals surface area contributed by atoms with E-state index < -0.39 is 17.9 Å². The summed E-state index contributed by atoms with van der Waals surface area (Å²) in [7, 11) is 0. The van der Waals surface area contributed by atoms with Crippen molar-refractivity contribution >= 4 is 22.6 Å². The molecule has 0 fully saturated rings. The molecule has 0 saturated heterocycles. The zero-order valence-electron chi connectivity index (χ0n) is 6.11. The van der Waals surface area contributed by atoms with Crippen LogP contribution in [0.15, 0.2) is 6.20 Å². The van der Waals surface area contributed by atoms with Gasteiger partial charge in [0.05, 0.1) is 3.57 Å². The molecule has 0 amide bonds. The normalized spacial score (nSPS) is 10.8. The summed E-state index contributed by atoms with van der Waals surface area (Å²) >= 11 is 1.71. The Labute approximate surface area is 81.1 Å². The number of halogens is 4. The fourth-order valence-corrected chi connectivity index (χ4v) is 1.34. The van der Waals surface area contributed by atoms with Crippen molar-refractivity contribution in [2.75, 3.05) is 0 Å². The van der Waals surface area contributed by atoms with Crippen LogP contribution in [0.5, 0.6) is 0 Å². The van der Waals surface area contributed by atoms with Crippen LogP contribution in [-0.4, -0.2) is 4.98 Å². The summed E-state index contributed by atoms with van der Waals surface area (Å²) in [6.07, 6.45) is -1.61. The van der Waals surface area contributed by atoms with Crippen LogP contribution < -0.4 is 0 Å². The summed E-state index contributed by atoms with van der Waals surface area (Å²) in [6, 6.07) is 0. The van der Waals surface area contributed by atoms with Gasteiger partial charge >= 0.3 is 0 Å². The Balaban J connectivity index is 3.27. The summed E-state index contributed by atoms with van der Waals surface area (Å²) < 4.78 is 37.4. The number of pyridine rings is 1. The van der Waals surface area contributed by atoms with Gasteiger partial charge in [0.2, 0.25) is 0 Å². The molecule has 0 spiro atoms. The number of hydrogen-bond acceptors (Lipinski definition) is 1. The van der Waals surface area contributed by atoms with Crippen LogP contribution in [0.4, 0.5) is 13.2 Å². The molecule has 1 nitrogen and oxygen atoms in total. The van der Waals surface area contributed by atoms with Gasteiger partial charge in [0.1, 0.15) is 11.5 Å². The predicted molar refractivity (Wildman–Crippen MR) is 46.6 cm³/mol. The SMILES string of the molecule is Cc1c(C(F)F)ncc(I)c1F. The highest BCUT2D eigenvalue weighted by Gasteiger charge is 2.16. The minimum Gasteiger partial charge on any atom is -0.254 e. The molecular weight excluding hydrogens is 282 g/mol. The van der Waals surface area contributed by atoms with Crippen molar-refractivity contribution in [2.24, 2.45) is 0 Å². The maximum absolute atomic E-state index is 13.0. The number of alkyl halides is 2. The highest BCUT2D eigenvalue weighted by molar-refractivity contribution is 14.1. The number of rotatable bonds is 1. The summed E-state index contributed by atoms with van der Waals surface area (Å²) in [4.78, 5) is 3.44. The van der Waals surface area contributed by atoms with Gasteiger partial charge in [-0.15, -0.1) is 0 Å². The van der Waals surface area contributed by atoms with E-state index in [0.29, 0.717) is 0 Å². The smallest absolute Gasteiger partial charge is 0.254 e. The monoisotopic (exact) mass is 287 g/mol. The van der Waals surface area contributed by atoms with Crippen molar-refractivity contribution in [3.63, 3.8) is 0 Å². The molecule has 0 bridgehead atoms. The van der Waals surface area contributed by atoms with Crippen molar-refractivity contribution in [1.29, 1.82) is 0 Å². The number of hydrogen-bond donors (Lipinski definition) is 0. The molecule has 1 heterocycles. The lowest BCUT2D eigenvalue weighted by atomic mass is 10.2. The highest BCUT2D eigenvalue weighted by atomic mass is 127. The topological polar surface area (TPSA) is 12.9 Å². The molecule has 0 saturated carbocycles. The van der Waals surface area contributed by atoms with Crippen molar-refractivity contribution in [2.45, 2.75) is 13.3 Å². The molecule has 0 unspecified atom stereocenters. The van der Waals surface area contributed by atoms with E-state index in [1.165, 1.54) is 6.92 Å².